The minimum absolute atomic E-state index is 0.144. The van der Waals surface area contributed by atoms with Crippen LogP contribution in [0, 0.1) is 10.1 Å². The highest BCUT2D eigenvalue weighted by Crippen LogP contribution is 2.42. The lowest BCUT2D eigenvalue weighted by molar-refractivity contribution is -0.385. The smallest absolute Gasteiger partial charge is 0.295 e. The molecule has 0 bridgehead atoms. The Labute approximate surface area is 167 Å². The molecule has 8 nitrogen and oxygen atoms in total. The van der Waals surface area contributed by atoms with Crippen LogP contribution in [-0.2, 0) is 9.59 Å². The van der Waals surface area contributed by atoms with Gasteiger partial charge in [0, 0.05) is 24.7 Å². The maximum atomic E-state index is 12.8. The summed E-state index contributed by atoms with van der Waals surface area (Å²) in [5.41, 5.74) is 0.192. The van der Waals surface area contributed by atoms with E-state index in [4.69, 9.17) is 0 Å². The molecule has 3 rings (SSSR count). The van der Waals surface area contributed by atoms with E-state index in [1.807, 2.05) is 19.0 Å². The van der Waals surface area contributed by atoms with Crippen molar-refractivity contribution in [3.63, 3.8) is 0 Å². The highest BCUT2D eigenvalue weighted by atomic mass is 16.6. The molecule has 0 aliphatic carbocycles. The largest absolute Gasteiger partial charge is 0.507 e. The van der Waals surface area contributed by atoms with Crippen LogP contribution in [0.15, 0.2) is 60.2 Å². The van der Waals surface area contributed by atoms with Crippen molar-refractivity contribution >= 4 is 23.1 Å². The molecule has 29 heavy (non-hydrogen) atoms. The zero-order chi connectivity index (χ0) is 21.1. The first-order chi connectivity index (χ1) is 13.8. The Morgan fingerprint density at radius 2 is 1.72 bits per heavy atom. The van der Waals surface area contributed by atoms with Crippen LogP contribution >= 0.6 is 0 Å². The average Bonchev–Trinajstić information content (AvgIpc) is 2.96. The Bertz CT molecular complexity index is 985. The van der Waals surface area contributed by atoms with Crippen LogP contribution in [0.4, 0.5) is 5.69 Å². The van der Waals surface area contributed by atoms with Crippen molar-refractivity contribution in [2.24, 2.45) is 0 Å². The van der Waals surface area contributed by atoms with Crippen LogP contribution < -0.4 is 0 Å². The van der Waals surface area contributed by atoms with E-state index in [9.17, 15) is 24.8 Å². The molecule has 1 amide bonds. The molecule has 1 fully saturated rings. The number of likely N-dealkylation sites (tertiary alicyclic amines) is 1. The lowest BCUT2D eigenvalue weighted by Crippen LogP contribution is -2.35. The van der Waals surface area contributed by atoms with E-state index in [0.717, 1.165) is 0 Å². The quantitative estimate of drug-likeness (QED) is 0.265. The standard InChI is InChI=1S/C21H21N3O5/c1-22(2)12-13-23-18(15-10-6-7-11-16(15)24(28)29)17(20(26)21(23)27)19(25)14-8-4-3-5-9-14/h3-11,18,25H,12-13H2,1-2H3/t18-/m0/s1. The molecule has 0 unspecified atom stereocenters. The number of aliphatic hydroxyl groups excluding tert-OH is 1. The van der Waals surface area contributed by atoms with Gasteiger partial charge in [-0.2, -0.15) is 0 Å². The van der Waals surface area contributed by atoms with Crippen molar-refractivity contribution in [3.8, 4) is 0 Å². The molecule has 8 heteroatoms. The monoisotopic (exact) mass is 395 g/mol. The first kappa shape index (κ1) is 20.2. The van der Waals surface area contributed by atoms with Crippen molar-refractivity contribution in [3.05, 3.63) is 81.4 Å². The maximum absolute atomic E-state index is 12.8. The van der Waals surface area contributed by atoms with Gasteiger partial charge in [-0.05, 0) is 20.2 Å². The van der Waals surface area contributed by atoms with E-state index in [1.54, 1.807) is 36.4 Å². The highest BCUT2D eigenvalue weighted by molar-refractivity contribution is 6.46. The molecular formula is C21H21N3O5. The van der Waals surface area contributed by atoms with Crippen LogP contribution in [0.25, 0.3) is 5.76 Å². The fourth-order valence-electron chi connectivity index (χ4n) is 3.38. The number of carbonyl (C=O) groups is 2. The van der Waals surface area contributed by atoms with Gasteiger partial charge in [0.05, 0.1) is 22.1 Å². The van der Waals surface area contributed by atoms with E-state index in [2.05, 4.69) is 0 Å². The number of rotatable bonds is 6. The number of aliphatic hydroxyl groups is 1. The third-order valence-electron chi connectivity index (χ3n) is 4.80. The number of likely N-dealkylation sites (N-methyl/N-ethyl adjacent to an activating group) is 1. The molecule has 1 aliphatic rings. The van der Waals surface area contributed by atoms with E-state index in [0.29, 0.717) is 12.1 Å². The predicted octanol–water partition coefficient (Wildman–Crippen LogP) is 2.58. The van der Waals surface area contributed by atoms with Gasteiger partial charge in [0.2, 0.25) is 0 Å². The summed E-state index contributed by atoms with van der Waals surface area (Å²) in [6, 6.07) is 13.3. The van der Waals surface area contributed by atoms with Gasteiger partial charge in [0.15, 0.2) is 0 Å². The number of benzene rings is 2. The van der Waals surface area contributed by atoms with Gasteiger partial charge in [-0.15, -0.1) is 0 Å². The van der Waals surface area contributed by atoms with Gasteiger partial charge in [-0.25, -0.2) is 0 Å². The second-order valence-corrected chi connectivity index (χ2v) is 6.98. The number of hydrogen-bond donors (Lipinski definition) is 1. The first-order valence-corrected chi connectivity index (χ1v) is 9.04. The third-order valence-corrected chi connectivity index (χ3v) is 4.80. The normalized spacial score (nSPS) is 18.4. The van der Waals surface area contributed by atoms with Crippen LogP contribution in [0.3, 0.4) is 0 Å². The molecule has 1 aliphatic heterocycles. The number of nitro benzene ring substituents is 1. The Morgan fingerprint density at radius 3 is 2.34 bits per heavy atom. The molecular weight excluding hydrogens is 374 g/mol. The lowest BCUT2D eigenvalue weighted by Gasteiger charge is -2.26. The summed E-state index contributed by atoms with van der Waals surface area (Å²) in [5.74, 6) is -1.99. The van der Waals surface area contributed by atoms with E-state index in [1.165, 1.54) is 23.1 Å². The molecule has 1 N–H and O–H groups in total. The van der Waals surface area contributed by atoms with Gasteiger partial charge in [-0.1, -0.05) is 42.5 Å². The highest BCUT2D eigenvalue weighted by Gasteiger charge is 2.47. The zero-order valence-electron chi connectivity index (χ0n) is 16.1. The van der Waals surface area contributed by atoms with Gasteiger partial charge < -0.3 is 14.9 Å². The summed E-state index contributed by atoms with van der Waals surface area (Å²) in [4.78, 5) is 39.8. The zero-order valence-corrected chi connectivity index (χ0v) is 16.1. The summed E-state index contributed by atoms with van der Waals surface area (Å²) in [5, 5.41) is 22.5. The van der Waals surface area contributed by atoms with Gasteiger partial charge in [0.25, 0.3) is 17.4 Å². The fraction of sp³-hybridized carbons (Fsp3) is 0.238. The van der Waals surface area contributed by atoms with Crippen LogP contribution in [-0.4, -0.2) is 58.7 Å². The molecule has 0 aromatic heterocycles. The van der Waals surface area contributed by atoms with Crippen LogP contribution in [0.2, 0.25) is 0 Å². The number of carbonyl (C=O) groups excluding carboxylic acids is 2. The van der Waals surface area contributed by atoms with Crippen molar-refractivity contribution in [1.29, 1.82) is 0 Å². The van der Waals surface area contributed by atoms with Gasteiger partial charge in [-0.3, -0.25) is 19.7 Å². The summed E-state index contributed by atoms with van der Waals surface area (Å²) in [6.07, 6.45) is 0. The number of para-hydroxylation sites is 1. The number of hydrogen-bond acceptors (Lipinski definition) is 6. The Balaban J connectivity index is 2.22. The first-order valence-electron chi connectivity index (χ1n) is 9.04. The van der Waals surface area contributed by atoms with Gasteiger partial charge in [0.1, 0.15) is 5.76 Å². The SMILES string of the molecule is CN(C)CCN1C(=O)C(=O)C(=C(O)c2ccccc2)[C@@H]1c1ccccc1[N+](=O)[O-]. The summed E-state index contributed by atoms with van der Waals surface area (Å²) in [7, 11) is 3.64. The Morgan fingerprint density at radius 1 is 1.10 bits per heavy atom. The number of Topliss-reactive ketones (excluding diaryl/α,β-unsaturated/α-hetero) is 1. The minimum atomic E-state index is -1.04. The molecule has 1 heterocycles. The molecule has 1 atom stereocenters. The summed E-state index contributed by atoms with van der Waals surface area (Å²) < 4.78 is 0. The van der Waals surface area contributed by atoms with E-state index >= 15 is 0 Å². The molecule has 150 valence electrons. The lowest BCUT2D eigenvalue weighted by atomic mass is 9.94. The molecule has 0 saturated carbocycles. The summed E-state index contributed by atoms with van der Waals surface area (Å²) in [6.45, 7) is 0.634. The molecule has 2 aromatic rings. The molecule has 0 radical (unpaired) electrons. The fourth-order valence-corrected chi connectivity index (χ4v) is 3.38. The summed E-state index contributed by atoms with van der Waals surface area (Å²) >= 11 is 0. The topological polar surface area (TPSA) is 104 Å². The number of amides is 1. The third kappa shape index (κ3) is 3.88. The number of ketones is 1. The second-order valence-electron chi connectivity index (χ2n) is 6.98. The minimum Gasteiger partial charge on any atom is -0.507 e. The maximum Gasteiger partial charge on any atom is 0.295 e. The molecule has 1 saturated heterocycles. The van der Waals surface area contributed by atoms with E-state index < -0.39 is 22.7 Å². The second kappa shape index (κ2) is 8.24. The van der Waals surface area contributed by atoms with Crippen LogP contribution in [0.1, 0.15) is 17.2 Å². The van der Waals surface area contributed by atoms with Crippen molar-refractivity contribution in [1.82, 2.24) is 9.80 Å². The molecule has 2 aromatic carbocycles. The van der Waals surface area contributed by atoms with Crippen molar-refractivity contribution < 1.29 is 19.6 Å². The van der Waals surface area contributed by atoms with Crippen molar-refractivity contribution in [2.75, 3.05) is 27.2 Å². The molecule has 0 spiro atoms. The average molecular weight is 395 g/mol. The Kier molecular flexibility index (Phi) is 5.74. The van der Waals surface area contributed by atoms with E-state index in [-0.39, 0.29) is 29.1 Å². The van der Waals surface area contributed by atoms with Crippen molar-refractivity contribution in [2.45, 2.75) is 6.04 Å². The van der Waals surface area contributed by atoms with Crippen LogP contribution in [0.5, 0.6) is 0 Å². The Hall–Kier alpha value is -3.52. The van der Waals surface area contributed by atoms with Gasteiger partial charge >= 0.3 is 0 Å². The number of nitrogens with zero attached hydrogens (tertiary/aromatic N) is 3. The number of nitro groups is 1. The predicted molar refractivity (Wildman–Crippen MR) is 107 cm³/mol.